The molecule has 2 aliphatic heterocycles. The number of anilines is 1. The van der Waals surface area contributed by atoms with E-state index >= 15 is 0 Å². The molecular formula is C22H29N5O. The minimum absolute atomic E-state index is 0.198. The van der Waals surface area contributed by atoms with Crippen LogP contribution in [0, 0.1) is 0 Å². The van der Waals surface area contributed by atoms with Gasteiger partial charge in [0, 0.05) is 51.1 Å². The van der Waals surface area contributed by atoms with Crippen molar-refractivity contribution in [2.75, 3.05) is 39.0 Å². The lowest BCUT2D eigenvalue weighted by molar-refractivity contribution is -0.131. The van der Waals surface area contributed by atoms with E-state index in [-0.39, 0.29) is 11.8 Å². The van der Waals surface area contributed by atoms with Crippen molar-refractivity contribution in [1.29, 1.82) is 0 Å². The van der Waals surface area contributed by atoms with Gasteiger partial charge in [-0.2, -0.15) is 0 Å². The highest BCUT2D eigenvalue weighted by Crippen LogP contribution is 2.29. The van der Waals surface area contributed by atoms with Gasteiger partial charge in [0.2, 0.25) is 5.91 Å². The Kier molecular flexibility index (Phi) is 5.57. The number of carbonyl (C=O) groups is 1. The highest BCUT2D eigenvalue weighted by Gasteiger charge is 2.29. The van der Waals surface area contributed by atoms with Gasteiger partial charge in [0.25, 0.3) is 0 Å². The topological polar surface area (TPSA) is 61.4 Å². The maximum atomic E-state index is 12.8. The first-order chi connectivity index (χ1) is 13.6. The zero-order valence-corrected chi connectivity index (χ0v) is 16.8. The Hall–Kier alpha value is -2.47. The van der Waals surface area contributed by atoms with Crippen LogP contribution in [-0.2, 0) is 24.2 Å². The summed E-state index contributed by atoms with van der Waals surface area (Å²) in [6, 6.07) is 9.98. The van der Waals surface area contributed by atoms with E-state index in [1.165, 1.54) is 11.3 Å². The van der Waals surface area contributed by atoms with E-state index in [4.69, 9.17) is 9.97 Å². The van der Waals surface area contributed by atoms with Gasteiger partial charge < -0.3 is 15.1 Å². The Morgan fingerprint density at radius 3 is 2.82 bits per heavy atom. The number of rotatable bonds is 4. The summed E-state index contributed by atoms with van der Waals surface area (Å²) in [5, 5.41) is 3.26. The third kappa shape index (κ3) is 4.02. The molecule has 1 unspecified atom stereocenters. The Labute approximate surface area is 167 Å². The molecule has 1 atom stereocenters. The fourth-order valence-electron chi connectivity index (χ4n) is 4.25. The first kappa shape index (κ1) is 18.9. The van der Waals surface area contributed by atoms with Crippen LogP contribution in [-0.4, -0.2) is 59.4 Å². The Bertz CT molecular complexity index is 821. The predicted molar refractivity (Wildman–Crippen MR) is 110 cm³/mol. The van der Waals surface area contributed by atoms with Crippen LogP contribution in [0.2, 0.25) is 0 Å². The summed E-state index contributed by atoms with van der Waals surface area (Å²) in [5.74, 6) is 2.25. The van der Waals surface area contributed by atoms with Crippen LogP contribution in [0.25, 0.3) is 0 Å². The average Bonchev–Trinajstić information content (AvgIpc) is 2.73. The molecule has 28 heavy (non-hydrogen) atoms. The van der Waals surface area contributed by atoms with Gasteiger partial charge in [0.15, 0.2) is 0 Å². The van der Waals surface area contributed by atoms with Crippen molar-refractivity contribution < 1.29 is 4.79 Å². The first-order valence-corrected chi connectivity index (χ1v) is 10.2. The second-order valence-electron chi connectivity index (χ2n) is 7.93. The van der Waals surface area contributed by atoms with Gasteiger partial charge in [0.05, 0.1) is 12.1 Å². The highest BCUT2D eigenvalue weighted by atomic mass is 16.2. The number of hydrogen-bond donors (Lipinski definition) is 1. The summed E-state index contributed by atoms with van der Waals surface area (Å²) < 4.78 is 0. The molecule has 1 saturated heterocycles. The quantitative estimate of drug-likeness (QED) is 0.884. The third-order valence-corrected chi connectivity index (χ3v) is 5.84. The van der Waals surface area contributed by atoms with Crippen molar-refractivity contribution in [2.45, 2.75) is 38.1 Å². The molecule has 2 aromatic rings. The average molecular weight is 380 g/mol. The summed E-state index contributed by atoms with van der Waals surface area (Å²) in [6.45, 7) is 3.46. The molecule has 0 radical (unpaired) electrons. The van der Waals surface area contributed by atoms with Crippen LogP contribution in [0.4, 0.5) is 5.82 Å². The van der Waals surface area contributed by atoms with Crippen molar-refractivity contribution in [3.05, 3.63) is 53.0 Å². The van der Waals surface area contributed by atoms with E-state index in [1.807, 2.05) is 42.3 Å². The number of amides is 1. The smallest absolute Gasteiger partial charge is 0.227 e. The van der Waals surface area contributed by atoms with E-state index in [0.29, 0.717) is 13.0 Å². The lowest BCUT2D eigenvalue weighted by atomic mass is 9.95. The minimum atomic E-state index is 0.198. The summed E-state index contributed by atoms with van der Waals surface area (Å²) in [7, 11) is 4.06. The molecular weight excluding hydrogens is 350 g/mol. The fraction of sp³-hybridized carbons (Fsp3) is 0.500. The van der Waals surface area contributed by atoms with E-state index < -0.39 is 0 Å². The number of nitrogens with zero attached hydrogens (tertiary/aromatic N) is 4. The van der Waals surface area contributed by atoms with Crippen LogP contribution in [0.3, 0.4) is 0 Å². The minimum Gasteiger partial charge on any atom is -0.373 e. The number of carbonyl (C=O) groups excluding carboxylic acids is 1. The van der Waals surface area contributed by atoms with E-state index in [2.05, 4.69) is 17.3 Å². The lowest BCUT2D eigenvalue weighted by Crippen LogP contribution is -2.40. The number of likely N-dealkylation sites (tertiary alicyclic amines) is 1. The van der Waals surface area contributed by atoms with Gasteiger partial charge in [-0.15, -0.1) is 0 Å². The second kappa shape index (κ2) is 8.27. The van der Waals surface area contributed by atoms with Crippen LogP contribution in [0.5, 0.6) is 0 Å². The van der Waals surface area contributed by atoms with Crippen molar-refractivity contribution in [3.8, 4) is 0 Å². The van der Waals surface area contributed by atoms with Crippen LogP contribution in [0.1, 0.15) is 41.4 Å². The molecule has 1 fully saturated rings. The van der Waals surface area contributed by atoms with Crippen molar-refractivity contribution in [3.63, 3.8) is 0 Å². The number of hydrogen-bond acceptors (Lipinski definition) is 5. The molecule has 1 N–H and O–H groups in total. The Morgan fingerprint density at radius 2 is 2.04 bits per heavy atom. The second-order valence-corrected chi connectivity index (χ2v) is 7.93. The molecule has 0 saturated carbocycles. The van der Waals surface area contributed by atoms with E-state index in [9.17, 15) is 4.79 Å². The van der Waals surface area contributed by atoms with Gasteiger partial charge in [0.1, 0.15) is 11.6 Å². The molecule has 0 spiro atoms. The van der Waals surface area contributed by atoms with E-state index in [1.54, 1.807) is 0 Å². The standard InChI is InChI=1S/C22H29N5O/c1-23-22-18-15-26(2)12-10-19(18)24-21(25-22)17-9-6-11-27(14-17)20(28)13-16-7-4-3-5-8-16/h3-5,7-8,17H,6,9-15H2,1-2H3,(H,23,24,25). The molecule has 1 aromatic carbocycles. The number of likely N-dealkylation sites (N-methyl/N-ethyl adjacent to an activating group) is 1. The molecule has 148 valence electrons. The lowest BCUT2D eigenvalue weighted by Gasteiger charge is -2.33. The maximum Gasteiger partial charge on any atom is 0.227 e. The summed E-state index contributed by atoms with van der Waals surface area (Å²) in [6.07, 6.45) is 3.46. The first-order valence-electron chi connectivity index (χ1n) is 10.2. The number of fused-ring (bicyclic) bond motifs is 1. The van der Waals surface area contributed by atoms with Crippen LogP contribution >= 0.6 is 0 Å². The zero-order valence-electron chi connectivity index (χ0n) is 16.8. The van der Waals surface area contributed by atoms with Crippen molar-refractivity contribution in [2.24, 2.45) is 0 Å². The maximum absolute atomic E-state index is 12.8. The fourth-order valence-corrected chi connectivity index (χ4v) is 4.25. The largest absolute Gasteiger partial charge is 0.373 e. The van der Waals surface area contributed by atoms with Crippen molar-refractivity contribution in [1.82, 2.24) is 19.8 Å². The zero-order chi connectivity index (χ0) is 19.5. The van der Waals surface area contributed by atoms with Gasteiger partial charge in [-0.1, -0.05) is 30.3 Å². The van der Waals surface area contributed by atoms with Crippen LogP contribution < -0.4 is 5.32 Å². The van der Waals surface area contributed by atoms with E-state index in [0.717, 1.165) is 56.1 Å². The van der Waals surface area contributed by atoms with Gasteiger partial charge in [-0.05, 0) is 25.5 Å². The summed E-state index contributed by atoms with van der Waals surface area (Å²) >= 11 is 0. The van der Waals surface area contributed by atoms with Gasteiger partial charge in [-0.3, -0.25) is 4.79 Å². The normalized spacial score (nSPS) is 19.9. The monoisotopic (exact) mass is 379 g/mol. The Balaban J connectivity index is 1.51. The summed E-state index contributed by atoms with van der Waals surface area (Å²) in [5.41, 5.74) is 3.45. The third-order valence-electron chi connectivity index (χ3n) is 5.84. The molecule has 1 aromatic heterocycles. The predicted octanol–water partition coefficient (Wildman–Crippen LogP) is 2.45. The molecule has 0 aliphatic carbocycles. The number of piperidine rings is 1. The molecule has 4 rings (SSSR count). The number of benzene rings is 1. The number of aromatic nitrogens is 2. The molecule has 6 nitrogen and oxygen atoms in total. The molecule has 0 bridgehead atoms. The SMILES string of the molecule is CNc1nc(C2CCCN(C(=O)Cc3ccccc3)C2)nc2c1CN(C)CC2. The van der Waals surface area contributed by atoms with Crippen molar-refractivity contribution >= 4 is 11.7 Å². The molecule has 2 aliphatic rings. The van der Waals surface area contributed by atoms with Crippen LogP contribution in [0.15, 0.2) is 30.3 Å². The highest BCUT2D eigenvalue weighted by molar-refractivity contribution is 5.79. The van der Waals surface area contributed by atoms with Gasteiger partial charge >= 0.3 is 0 Å². The molecule has 1 amide bonds. The molecule has 3 heterocycles. The van der Waals surface area contributed by atoms with Gasteiger partial charge in [-0.25, -0.2) is 9.97 Å². The number of nitrogens with one attached hydrogen (secondary N) is 1. The summed E-state index contributed by atoms with van der Waals surface area (Å²) in [4.78, 5) is 26.9. The Morgan fingerprint density at radius 1 is 1.21 bits per heavy atom. The molecule has 6 heteroatoms.